The van der Waals surface area contributed by atoms with E-state index in [2.05, 4.69) is 5.32 Å². The molecule has 0 aliphatic carbocycles. The lowest BCUT2D eigenvalue weighted by Crippen LogP contribution is -2.50. The smallest absolute Gasteiger partial charge is 0.345 e. The van der Waals surface area contributed by atoms with Crippen molar-refractivity contribution in [1.29, 1.82) is 5.26 Å². The van der Waals surface area contributed by atoms with E-state index in [9.17, 15) is 19.7 Å². The number of benzene rings is 1. The van der Waals surface area contributed by atoms with Crippen molar-refractivity contribution >= 4 is 29.2 Å². The largest absolute Gasteiger partial charge is 0.452 e. The molecule has 0 aromatic heterocycles. The molecule has 1 amide bonds. The number of nitriles is 1. The first kappa shape index (κ1) is 19.4. The Balaban J connectivity index is 2.79. The number of nitrogens with zero attached hydrogens (tertiary/aromatic N) is 2. The average molecular weight is 354 g/mol. The fourth-order valence-electron chi connectivity index (χ4n) is 1.66. The lowest BCUT2D eigenvalue weighted by Gasteiger charge is -2.27. The molecule has 9 heteroatoms. The van der Waals surface area contributed by atoms with Crippen molar-refractivity contribution in [1.82, 2.24) is 5.32 Å². The Morgan fingerprint density at radius 1 is 1.50 bits per heavy atom. The van der Waals surface area contributed by atoms with Crippen LogP contribution in [0.2, 0.25) is 5.02 Å². The fourth-order valence-corrected chi connectivity index (χ4v) is 1.83. The van der Waals surface area contributed by atoms with Crippen LogP contribution < -0.4 is 5.32 Å². The van der Waals surface area contributed by atoms with Crippen molar-refractivity contribution in [3.8, 4) is 6.07 Å². The Morgan fingerprint density at radius 3 is 2.62 bits per heavy atom. The second-order valence-corrected chi connectivity index (χ2v) is 5.95. The van der Waals surface area contributed by atoms with Gasteiger partial charge >= 0.3 is 5.97 Å². The molecule has 0 unspecified atom stereocenters. The SMILES string of the molecule is CC(C)[C@@](C)(C#N)NC(=O)COC(=O)c1ccc(Cl)cc1[N+](=O)[O-]. The minimum absolute atomic E-state index is 0.0951. The number of carbonyl (C=O) groups excluding carboxylic acids is 2. The monoisotopic (exact) mass is 353 g/mol. The second-order valence-electron chi connectivity index (χ2n) is 5.51. The number of nitro benzene ring substituents is 1. The third-order valence-corrected chi connectivity index (χ3v) is 3.73. The van der Waals surface area contributed by atoms with Crippen molar-refractivity contribution in [2.75, 3.05) is 6.61 Å². The molecular weight excluding hydrogens is 338 g/mol. The van der Waals surface area contributed by atoms with Crippen molar-refractivity contribution in [3.63, 3.8) is 0 Å². The number of halogens is 1. The van der Waals surface area contributed by atoms with Crippen molar-refractivity contribution in [2.45, 2.75) is 26.3 Å². The molecule has 0 saturated carbocycles. The number of ether oxygens (including phenoxy) is 1. The van der Waals surface area contributed by atoms with Gasteiger partial charge in [0.15, 0.2) is 6.61 Å². The van der Waals surface area contributed by atoms with E-state index in [0.717, 1.165) is 12.1 Å². The normalized spacial score (nSPS) is 12.8. The summed E-state index contributed by atoms with van der Waals surface area (Å²) in [5.41, 5.74) is -1.95. The number of hydrogen-bond donors (Lipinski definition) is 1. The zero-order chi connectivity index (χ0) is 18.5. The minimum Gasteiger partial charge on any atom is -0.452 e. The molecule has 1 aromatic carbocycles. The molecule has 0 spiro atoms. The summed E-state index contributed by atoms with van der Waals surface area (Å²) in [5.74, 6) is -1.88. The first-order valence-corrected chi connectivity index (χ1v) is 7.32. The van der Waals surface area contributed by atoms with E-state index >= 15 is 0 Å². The van der Waals surface area contributed by atoms with Crippen LogP contribution in [0.3, 0.4) is 0 Å². The van der Waals surface area contributed by atoms with Gasteiger partial charge in [0, 0.05) is 11.1 Å². The number of hydrogen-bond acceptors (Lipinski definition) is 6. The Hall–Kier alpha value is -2.66. The van der Waals surface area contributed by atoms with Crippen molar-refractivity contribution in [2.24, 2.45) is 5.92 Å². The maximum absolute atomic E-state index is 11.9. The van der Waals surface area contributed by atoms with Gasteiger partial charge in [-0.15, -0.1) is 0 Å². The summed E-state index contributed by atoms with van der Waals surface area (Å²) in [6, 6.07) is 5.45. The van der Waals surface area contributed by atoms with Crippen LogP contribution in [0.5, 0.6) is 0 Å². The molecular formula is C15H16ClN3O5. The summed E-state index contributed by atoms with van der Waals surface area (Å²) >= 11 is 5.66. The van der Waals surface area contributed by atoms with Crippen LogP contribution in [0.15, 0.2) is 18.2 Å². The molecule has 128 valence electrons. The molecule has 1 N–H and O–H groups in total. The van der Waals surface area contributed by atoms with Crippen LogP contribution >= 0.6 is 11.6 Å². The summed E-state index contributed by atoms with van der Waals surface area (Å²) in [6.07, 6.45) is 0. The van der Waals surface area contributed by atoms with Crippen molar-refractivity contribution < 1.29 is 19.2 Å². The highest BCUT2D eigenvalue weighted by Crippen LogP contribution is 2.24. The number of nitrogens with one attached hydrogen (secondary N) is 1. The maximum Gasteiger partial charge on any atom is 0.345 e. The minimum atomic E-state index is -1.12. The average Bonchev–Trinajstić information content (AvgIpc) is 2.52. The molecule has 0 aliphatic heterocycles. The van der Waals surface area contributed by atoms with Gasteiger partial charge in [-0.05, 0) is 25.0 Å². The van der Waals surface area contributed by atoms with Gasteiger partial charge < -0.3 is 10.1 Å². The van der Waals surface area contributed by atoms with Crippen LogP contribution in [0.1, 0.15) is 31.1 Å². The zero-order valence-electron chi connectivity index (χ0n) is 13.3. The summed E-state index contributed by atoms with van der Waals surface area (Å²) in [5, 5.41) is 22.6. The predicted octanol–water partition coefficient (Wildman–Crippen LogP) is 2.46. The molecule has 0 saturated heterocycles. The highest BCUT2D eigenvalue weighted by Gasteiger charge is 2.30. The molecule has 0 fully saturated rings. The predicted molar refractivity (Wildman–Crippen MR) is 85.4 cm³/mol. The first-order chi connectivity index (χ1) is 11.1. The summed E-state index contributed by atoms with van der Waals surface area (Å²) in [6.45, 7) is 4.39. The summed E-state index contributed by atoms with van der Waals surface area (Å²) < 4.78 is 4.78. The topological polar surface area (TPSA) is 122 Å². The van der Waals surface area contributed by atoms with Crippen molar-refractivity contribution in [3.05, 3.63) is 38.9 Å². The highest BCUT2D eigenvalue weighted by atomic mass is 35.5. The van der Waals surface area contributed by atoms with Gasteiger partial charge in [0.25, 0.3) is 11.6 Å². The number of carbonyl (C=O) groups is 2. The molecule has 8 nitrogen and oxygen atoms in total. The lowest BCUT2D eigenvalue weighted by atomic mass is 9.90. The Labute approximate surface area is 143 Å². The Kier molecular flexibility index (Phi) is 6.26. The van der Waals surface area contributed by atoms with E-state index in [4.69, 9.17) is 21.6 Å². The zero-order valence-corrected chi connectivity index (χ0v) is 14.1. The fraction of sp³-hybridized carbons (Fsp3) is 0.400. The standard InChI is InChI=1S/C15H16ClN3O5/c1-9(2)15(3,8-17)18-13(20)7-24-14(21)11-5-4-10(16)6-12(11)19(22)23/h4-6,9H,7H2,1-3H3,(H,18,20)/t15-/m1/s1. The van der Waals surface area contributed by atoms with Crippen LogP contribution in [0, 0.1) is 27.4 Å². The van der Waals surface area contributed by atoms with E-state index in [1.165, 1.54) is 6.07 Å². The van der Waals surface area contributed by atoms with Gasteiger partial charge in [0.05, 0.1) is 11.0 Å². The van der Waals surface area contributed by atoms with Crippen LogP contribution in [-0.2, 0) is 9.53 Å². The lowest BCUT2D eigenvalue weighted by molar-refractivity contribution is -0.385. The van der Waals surface area contributed by atoms with E-state index < -0.39 is 34.6 Å². The number of amides is 1. The third kappa shape index (κ3) is 4.67. The van der Waals surface area contributed by atoms with E-state index in [1.807, 2.05) is 6.07 Å². The second kappa shape index (κ2) is 7.75. The highest BCUT2D eigenvalue weighted by molar-refractivity contribution is 6.31. The number of esters is 1. The van der Waals surface area contributed by atoms with Gasteiger partial charge in [-0.1, -0.05) is 25.4 Å². The van der Waals surface area contributed by atoms with E-state index in [1.54, 1.807) is 20.8 Å². The van der Waals surface area contributed by atoms with Gasteiger partial charge in [-0.25, -0.2) is 4.79 Å². The summed E-state index contributed by atoms with van der Waals surface area (Å²) in [7, 11) is 0. The molecule has 0 bridgehead atoms. The Morgan fingerprint density at radius 2 is 2.12 bits per heavy atom. The third-order valence-electron chi connectivity index (χ3n) is 3.50. The maximum atomic E-state index is 11.9. The number of rotatable bonds is 6. The molecule has 1 atom stereocenters. The van der Waals surface area contributed by atoms with Gasteiger partial charge in [-0.3, -0.25) is 14.9 Å². The molecule has 0 aliphatic rings. The van der Waals surface area contributed by atoms with E-state index in [0.29, 0.717) is 0 Å². The molecule has 1 aromatic rings. The molecule has 24 heavy (non-hydrogen) atoms. The van der Waals surface area contributed by atoms with Gasteiger partial charge in [0.2, 0.25) is 0 Å². The van der Waals surface area contributed by atoms with Crippen LogP contribution in [-0.4, -0.2) is 28.9 Å². The molecule has 0 radical (unpaired) electrons. The van der Waals surface area contributed by atoms with Gasteiger partial charge in [-0.2, -0.15) is 5.26 Å². The summed E-state index contributed by atoms with van der Waals surface area (Å²) in [4.78, 5) is 33.9. The molecule has 0 heterocycles. The van der Waals surface area contributed by atoms with Crippen LogP contribution in [0.25, 0.3) is 0 Å². The first-order valence-electron chi connectivity index (χ1n) is 6.94. The Bertz CT molecular complexity index is 714. The van der Waals surface area contributed by atoms with Gasteiger partial charge in [0.1, 0.15) is 11.1 Å². The number of nitro groups is 1. The molecule has 1 rings (SSSR count). The van der Waals surface area contributed by atoms with Crippen LogP contribution in [0.4, 0.5) is 5.69 Å². The van der Waals surface area contributed by atoms with E-state index in [-0.39, 0.29) is 16.5 Å². The quantitative estimate of drug-likeness (QED) is 0.476.